The maximum atomic E-state index is 13.2. The van der Waals surface area contributed by atoms with Gasteiger partial charge in [-0.05, 0) is 31.5 Å². The van der Waals surface area contributed by atoms with Crippen molar-refractivity contribution >= 4 is 17.3 Å². The Kier molecular flexibility index (Phi) is 5.30. The number of nitrogens with one attached hydrogen (secondary N) is 2. The molecule has 1 heterocycles. The fourth-order valence-corrected chi connectivity index (χ4v) is 2.71. The lowest BCUT2D eigenvalue weighted by molar-refractivity contribution is -0.136. The van der Waals surface area contributed by atoms with Crippen molar-refractivity contribution < 1.29 is 13.2 Å². The number of alkyl halides is 3. The zero-order chi connectivity index (χ0) is 19.4. The summed E-state index contributed by atoms with van der Waals surface area (Å²) in [6, 6.07) is 14.9. The first kappa shape index (κ1) is 18.7. The molecule has 3 aromatic rings. The van der Waals surface area contributed by atoms with Gasteiger partial charge in [-0.3, -0.25) is 0 Å². The Labute approximate surface area is 155 Å². The molecule has 0 spiro atoms. The molecule has 0 radical (unpaired) electrons. The zero-order valence-electron chi connectivity index (χ0n) is 14.9. The zero-order valence-corrected chi connectivity index (χ0v) is 14.9. The molecular formula is C20H19F3N4. The normalized spacial score (nSPS) is 11.3. The molecule has 0 aliphatic rings. The SMILES string of the molecule is Cc1cccc(CNc2cc(Nc3ccccc3C(F)(F)F)nc(C)n2)c1. The lowest BCUT2D eigenvalue weighted by atomic mass is 10.1. The Morgan fingerprint density at radius 2 is 1.63 bits per heavy atom. The highest BCUT2D eigenvalue weighted by atomic mass is 19.4. The highest BCUT2D eigenvalue weighted by Crippen LogP contribution is 2.35. The topological polar surface area (TPSA) is 49.8 Å². The number of aromatic nitrogens is 2. The Balaban J connectivity index is 1.80. The molecule has 0 fully saturated rings. The molecule has 0 saturated carbocycles. The monoisotopic (exact) mass is 372 g/mol. The summed E-state index contributed by atoms with van der Waals surface area (Å²) in [4.78, 5) is 8.49. The quantitative estimate of drug-likeness (QED) is 0.624. The van der Waals surface area contributed by atoms with Crippen LogP contribution in [0.25, 0.3) is 0 Å². The van der Waals surface area contributed by atoms with E-state index >= 15 is 0 Å². The van der Waals surface area contributed by atoms with Gasteiger partial charge in [0.15, 0.2) is 0 Å². The van der Waals surface area contributed by atoms with Crippen molar-refractivity contribution in [1.82, 2.24) is 9.97 Å². The van der Waals surface area contributed by atoms with Crippen molar-refractivity contribution in [2.75, 3.05) is 10.6 Å². The van der Waals surface area contributed by atoms with E-state index in [1.54, 1.807) is 19.1 Å². The summed E-state index contributed by atoms with van der Waals surface area (Å²) in [5.74, 6) is 1.29. The molecule has 0 aliphatic carbocycles. The van der Waals surface area contributed by atoms with Gasteiger partial charge in [0, 0.05) is 12.6 Å². The van der Waals surface area contributed by atoms with E-state index < -0.39 is 11.7 Å². The molecule has 2 N–H and O–H groups in total. The van der Waals surface area contributed by atoms with E-state index in [1.807, 2.05) is 25.1 Å². The minimum atomic E-state index is -4.45. The second-order valence-electron chi connectivity index (χ2n) is 6.20. The van der Waals surface area contributed by atoms with E-state index in [2.05, 4.69) is 26.7 Å². The minimum absolute atomic E-state index is 0.0484. The van der Waals surface area contributed by atoms with Crippen molar-refractivity contribution in [2.45, 2.75) is 26.6 Å². The third-order valence-corrected chi connectivity index (χ3v) is 3.89. The Hall–Kier alpha value is -3.09. The van der Waals surface area contributed by atoms with Crippen LogP contribution in [-0.2, 0) is 12.7 Å². The average molecular weight is 372 g/mol. The van der Waals surface area contributed by atoms with Gasteiger partial charge in [-0.25, -0.2) is 9.97 Å². The van der Waals surface area contributed by atoms with Crippen molar-refractivity contribution in [3.05, 3.63) is 77.1 Å². The van der Waals surface area contributed by atoms with E-state index in [4.69, 9.17) is 0 Å². The molecule has 0 aliphatic heterocycles. The predicted molar refractivity (Wildman–Crippen MR) is 100 cm³/mol. The number of halogens is 3. The van der Waals surface area contributed by atoms with Crippen LogP contribution in [0.2, 0.25) is 0 Å². The number of rotatable bonds is 5. The first-order chi connectivity index (χ1) is 12.8. The Morgan fingerprint density at radius 1 is 0.889 bits per heavy atom. The molecule has 0 amide bonds. The fraction of sp³-hybridized carbons (Fsp3) is 0.200. The lowest BCUT2D eigenvalue weighted by Gasteiger charge is -2.15. The Morgan fingerprint density at radius 3 is 2.37 bits per heavy atom. The largest absolute Gasteiger partial charge is 0.418 e. The van der Waals surface area contributed by atoms with E-state index in [9.17, 15) is 13.2 Å². The van der Waals surface area contributed by atoms with Gasteiger partial charge in [0.1, 0.15) is 17.5 Å². The van der Waals surface area contributed by atoms with Gasteiger partial charge in [0.05, 0.1) is 11.3 Å². The van der Waals surface area contributed by atoms with Gasteiger partial charge in [-0.1, -0.05) is 42.0 Å². The molecule has 1 aromatic heterocycles. The maximum absolute atomic E-state index is 13.2. The molecule has 0 unspecified atom stereocenters. The van der Waals surface area contributed by atoms with Crippen LogP contribution in [-0.4, -0.2) is 9.97 Å². The summed E-state index contributed by atoms with van der Waals surface area (Å²) in [6.07, 6.45) is -4.45. The summed E-state index contributed by atoms with van der Waals surface area (Å²) >= 11 is 0. The highest BCUT2D eigenvalue weighted by molar-refractivity contribution is 5.63. The van der Waals surface area contributed by atoms with Crippen LogP contribution < -0.4 is 10.6 Å². The van der Waals surface area contributed by atoms with Gasteiger partial charge < -0.3 is 10.6 Å². The third-order valence-electron chi connectivity index (χ3n) is 3.89. The summed E-state index contributed by atoms with van der Waals surface area (Å²) in [5.41, 5.74) is 1.45. The maximum Gasteiger partial charge on any atom is 0.418 e. The molecule has 0 saturated heterocycles. The third kappa shape index (κ3) is 4.97. The first-order valence-corrected chi connectivity index (χ1v) is 8.39. The van der Waals surface area contributed by atoms with E-state index in [0.29, 0.717) is 24.0 Å². The fourth-order valence-electron chi connectivity index (χ4n) is 2.71. The van der Waals surface area contributed by atoms with Crippen LogP contribution in [0.15, 0.2) is 54.6 Å². The van der Waals surface area contributed by atoms with Gasteiger partial charge in [0.25, 0.3) is 0 Å². The number of benzene rings is 2. The van der Waals surface area contributed by atoms with Crippen LogP contribution in [0.5, 0.6) is 0 Å². The van der Waals surface area contributed by atoms with Crippen molar-refractivity contribution in [1.29, 1.82) is 0 Å². The van der Waals surface area contributed by atoms with Crippen molar-refractivity contribution in [3.63, 3.8) is 0 Å². The number of nitrogens with zero attached hydrogens (tertiary/aromatic N) is 2. The van der Waals surface area contributed by atoms with Crippen LogP contribution in [0.3, 0.4) is 0 Å². The predicted octanol–water partition coefficient (Wildman–Crippen LogP) is 5.47. The van der Waals surface area contributed by atoms with Gasteiger partial charge in [0.2, 0.25) is 0 Å². The summed E-state index contributed by atoms with van der Waals surface area (Å²) in [5, 5.41) is 5.94. The molecule has 3 rings (SSSR count). The minimum Gasteiger partial charge on any atom is -0.366 e. The lowest BCUT2D eigenvalue weighted by Crippen LogP contribution is -2.10. The number of para-hydroxylation sites is 1. The van der Waals surface area contributed by atoms with Crippen LogP contribution in [0.1, 0.15) is 22.5 Å². The number of anilines is 3. The number of hydrogen-bond donors (Lipinski definition) is 2. The number of hydrogen-bond acceptors (Lipinski definition) is 4. The van der Waals surface area contributed by atoms with Crippen LogP contribution in [0, 0.1) is 13.8 Å². The van der Waals surface area contributed by atoms with Crippen molar-refractivity contribution in [2.24, 2.45) is 0 Å². The number of aryl methyl sites for hydroxylation is 2. The smallest absolute Gasteiger partial charge is 0.366 e. The second kappa shape index (κ2) is 7.65. The molecule has 140 valence electrons. The molecular weight excluding hydrogens is 353 g/mol. The summed E-state index contributed by atoms with van der Waals surface area (Å²) in [6.45, 7) is 4.26. The molecule has 4 nitrogen and oxygen atoms in total. The molecule has 27 heavy (non-hydrogen) atoms. The van der Waals surface area contributed by atoms with E-state index in [1.165, 1.54) is 12.1 Å². The van der Waals surface area contributed by atoms with Gasteiger partial charge >= 0.3 is 6.18 Å². The molecule has 7 heteroatoms. The van der Waals surface area contributed by atoms with Crippen molar-refractivity contribution in [3.8, 4) is 0 Å². The van der Waals surface area contributed by atoms with E-state index in [-0.39, 0.29) is 5.69 Å². The highest BCUT2D eigenvalue weighted by Gasteiger charge is 2.33. The second-order valence-corrected chi connectivity index (χ2v) is 6.20. The van der Waals surface area contributed by atoms with Crippen LogP contribution in [0.4, 0.5) is 30.5 Å². The molecule has 0 atom stereocenters. The summed E-state index contributed by atoms with van der Waals surface area (Å²) in [7, 11) is 0. The first-order valence-electron chi connectivity index (χ1n) is 8.39. The molecule has 2 aromatic carbocycles. The standard InChI is InChI=1S/C20H19F3N4/c1-13-6-5-7-15(10-13)12-24-18-11-19(26-14(2)25-18)27-17-9-4-3-8-16(17)20(21,22)23/h3-11H,12H2,1-2H3,(H2,24,25,26,27). The van der Waals surface area contributed by atoms with Gasteiger partial charge in [-0.2, -0.15) is 13.2 Å². The average Bonchev–Trinajstić information content (AvgIpc) is 2.59. The summed E-state index contributed by atoms with van der Waals surface area (Å²) < 4.78 is 39.5. The van der Waals surface area contributed by atoms with Gasteiger partial charge in [-0.15, -0.1) is 0 Å². The van der Waals surface area contributed by atoms with E-state index in [0.717, 1.165) is 17.2 Å². The molecule has 0 bridgehead atoms. The Bertz CT molecular complexity index is 939. The van der Waals surface area contributed by atoms with Crippen LogP contribution >= 0.6 is 0 Å².